The lowest BCUT2D eigenvalue weighted by Crippen LogP contribution is -2.19. The van der Waals surface area contributed by atoms with E-state index in [1.54, 1.807) is 13.3 Å². The smallest absolute Gasteiger partial charge is 0.161 e. The molecule has 2 rings (SSSR count). The highest BCUT2D eigenvalue weighted by atomic mass is 16.5. The van der Waals surface area contributed by atoms with Crippen LogP contribution in [-0.2, 0) is 6.54 Å². The Kier molecular flexibility index (Phi) is 4.22. The largest absolute Gasteiger partial charge is 0.493 e. The average Bonchev–Trinajstić information content (AvgIpc) is 2.82. The summed E-state index contributed by atoms with van der Waals surface area (Å²) in [6.45, 7) is 5.04. The highest BCUT2D eigenvalue weighted by Crippen LogP contribution is 2.29. The molecule has 1 aromatic heterocycles. The molecule has 102 valence electrons. The van der Waals surface area contributed by atoms with E-state index < -0.39 is 0 Å². The van der Waals surface area contributed by atoms with Gasteiger partial charge >= 0.3 is 0 Å². The van der Waals surface area contributed by atoms with Gasteiger partial charge in [0.2, 0.25) is 0 Å². The van der Waals surface area contributed by atoms with Gasteiger partial charge in [0, 0.05) is 6.54 Å². The Bertz CT molecular complexity index is 548. The molecule has 1 heterocycles. The van der Waals surface area contributed by atoms with Gasteiger partial charge < -0.3 is 10.5 Å². The highest BCUT2D eigenvalue weighted by Gasteiger charge is 2.21. The number of benzene rings is 1. The quantitative estimate of drug-likeness (QED) is 0.898. The summed E-state index contributed by atoms with van der Waals surface area (Å²) in [6.07, 6.45) is 2.75. The van der Waals surface area contributed by atoms with Crippen LogP contribution in [0.3, 0.4) is 0 Å². The van der Waals surface area contributed by atoms with Crippen LogP contribution in [0.1, 0.15) is 36.2 Å². The van der Waals surface area contributed by atoms with Crippen molar-refractivity contribution in [1.29, 1.82) is 0 Å². The van der Waals surface area contributed by atoms with Gasteiger partial charge in [-0.2, -0.15) is 5.10 Å². The van der Waals surface area contributed by atoms with E-state index in [1.807, 2.05) is 16.8 Å². The zero-order valence-corrected chi connectivity index (χ0v) is 11.8. The zero-order valence-electron chi connectivity index (χ0n) is 11.8. The van der Waals surface area contributed by atoms with Crippen molar-refractivity contribution < 1.29 is 4.74 Å². The summed E-state index contributed by atoms with van der Waals surface area (Å²) in [4.78, 5) is 0. The normalized spacial score (nSPS) is 12.4. The predicted octanol–water partition coefficient (Wildman–Crippen LogP) is 2.66. The van der Waals surface area contributed by atoms with Crippen LogP contribution in [0.15, 0.2) is 30.5 Å². The summed E-state index contributed by atoms with van der Waals surface area (Å²) < 4.78 is 7.33. The first kappa shape index (κ1) is 13.6. The van der Waals surface area contributed by atoms with Crippen molar-refractivity contribution in [1.82, 2.24) is 9.78 Å². The summed E-state index contributed by atoms with van der Waals surface area (Å²) in [6, 6.07) is 7.94. The monoisotopic (exact) mass is 259 g/mol. The molecule has 0 saturated carbocycles. The molecule has 0 aliphatic heterocycles. The predicted molar refractivity (Wildman–Crippen MR) is 76.3 cm³/mol. The van der Waals surface area contributed by atoms with Gasteiger partial charge in [-0.1, -0.05) is 31.2 Å². The molecule has 19 heavy (non-hydrogen) atoms. The lowest BCUT2D eigenvalue weighted by molar-refractivity contribution is 0.404. The summed E-state index contributed by atoms with van der Waals surface area (Å²) in [7, 11) is 1.65. The van der Waals surface area contributed by atoms with Gasteiger partial charge in [-0.05, 0) is 24.5 Å². The van der Waals surface area contributed by atoms with E-state index in [1.165, 1.54) is 5.56 Å². The topological polar surface area (TPSA) is 53.1 Å². The van der Waals surface area contributed by atoms with E-state index in [0.717, 1.165) is 30.0 Å². The maximum absolute atomic E-state index is 6.43. The maximum atomic E-state index is 6.43. The lowest BCUT2D eigenvalue weighted by atomic mass is 9.99. The van der Waals surface area contributed by atoms with Crippen molar-refractivity contribution in [3.8, 4) is 5.75 Å². The first-order chi connectivity index (χ1) is 9.19. The zero-order chi connectivity index (χ0) is 13.8. The minimum Gasteiger partial charge on any atom is -0.493 e. The van der Waals surface area contributed by atoms with Crippen LogP contribution < -0.4 is 10.5 Å². The molecule has 0 aliphatic carbocycles. The molecule has 1 atom stereocenters. The molecule has 2 aromatic rings. The molecule has 2 N–H and O–H groups in total. The Morgan fingerprint density at radius 2 is 2.11 bits per heavy atom. The number of hydrogen-bond acceptors (Lipinski definition) is 3. The van der Waals surface area contributed by atoms with E-state index >= 15 is 0 Å². The maximum Gasteiger partial charge on any atom is 0.161 e. The van der Waals surface area contributed by atoms with Crippen LogP contribution in [0.2, 0.25) is 0 Å². The average molecular weight is 259 g/mol. The Morgan fingerprint density at radius 1 is 1.37 bits per heavy atom. The summed E-state index contributed by atoms with van der Waals surface area (Å²) in [5, 5.41) is 4.36. The van der Waals surface area contributed by atoms with Gasteiger partial charge in [0.05, 0.1) is 19.3 Å². The van der Waals surface area contributed by atoms with Crippen molar-refractivity contribution in [3.05, 3.63) is 47.3 Å². The van der Waals surface area contributed by atoms with E-state index in [0.29, 0.717) is 0 Å². The molecule has 1 unspecified atom stereocenters. The van der Waals surface area contributed by atoms with Crippen LogP contribution >= 0.6 is 0 Å². The van der Waals surface area contributed by atoms with Crippen LogP contribution in [0, 0.1) is 6.92 Å². The lowest BCUT2D eigenvalue weighted by Gasteiger charge is -2.17. The van der Waals surface area contributed by atoms with Crippen LogP contribution in [-0.4, -0.2) is 16.9 Å². The number of hydrogen-bond donors (Lipinski definition) is 1. The molecular formula is C15H21N3O. The standard InChI is InChI=1S/C15H21N3O/c1-4-9-18-15(13(19-3)10-17-18)14(16)12-8-6-5-7-11(12)2/h5-8,10,14H,4,9,16H2,1-3H3. The fourth-order valence-electron chi connectivity index (χ4n) is 2.32. The minimum absolute atomic E-state index is 0.217. The third-order valence-electron chi connectivity index (χ3n) is 3.32. The first-order valence-electron chi connectivity index (χ1n) is 6.59. The molecule has 0 fully saturated rings. The van der Waals surface area contributed by atoms with Gasteiger partial charge in [0.15, 0.2) is 5.75 Å². The number of ether oxygens (including phenoxy) is 1. The van der Waals surface area contributed by atoms with Gasteiger partial charge in [-0.25, -0.2) is 0 Å². The van der Waals surface area contributed by atoms with Crippen molar-refractivity contribution >= 4 is 0 Å². The molecule has 0 radical (unpaired) electrons. The van der Waals surface area contributed by atoms with Gasteiger partial charge in [0.1, 0.15) is 5.69 Å². The molecule has 1 aromatic carbocycles. The second-order valence-electron chi connectivity index (χ2n) is 4.66. The third kappa shape index (κ3) is 2.63. The van der Waals surface area contributed by atoms with Crippen LogP contribution in [0.5, 0.6) is 5.75 Å². The van der Waals surface area contributed by atoms with Gasteiger partial charge in [0.25, 0.3) is 0 Å². The minimum atomic E-state index is -0.217. The second-order valence-corrected chi connectivity index (χ2v) is 4.66. The molecular weight excluding hydrogens is 238 g/mol. The molecule has 0 spiro atoms. The first-order valence-corrected chi connectivity index (χ1v) is 6.59. The molecule has 0 amide bonds. The number of rotatable bonds is 5. The van der Waals surface area contributed by atoms with E-state index in [2.05, 4.69) is 31.1 Å². The number of nitrogens with two attached hydrogens (primary N) is 1. The number of nitrogens with zero attached hydrogens (tertiary/aromatic N) is 2. The highest BCUT2D eigenvalue weighted by molar-refractivity contribution is 5.39. The summed E-state index contributed by atoms with van der Waals surface area (Å²) >= 11 is 0. The second kappa shape index (κ2) is 5.89. The Morgan fingerprint density at radius 3 is 2.74 bits per heavy atom. The Balaban J connectivity index is 2.45. The molecule has 4 heteroatoms. The summed E-state index contributed by atoms with van der Waals surface area (Å²) in [5.41, 5.74) is 9.66. The summed E-state index contributed by atoms with van der Waals surface area (Å²) in [5.74, 6) is 0.754. The number of aromatic nitrogens is 2. The van der Waals surface area contributed by atoms with Gasteiger partial charge in [-0.15, -0.1) is 0 Å². The fourth-order valence-corrected chi connectivity index (χ4v) is 2.32. The van der Waals surface area contributed by atoms with E-state index in [4.69, 9.17) is 10.5 Å². The fraction of sp³-hybridized carbons (Fsp3) is 0.400. The van der Waals surface area contributed by atoms with Crippen LogP contribution in [0.25, 0.3) is 0 Å². The molecule has 0 bridgehead atoms. The SMILES string of the molecule is CCCn1ncc(OC)c1C(N)c1ccccc1C. The van der Waals surface area contributed by atoms with Crippen molar-refractivity contribution in [2.75, 3.05) is 7.11 Å². The number of methoxy groups -OCH3 is 1. The third-order valence-corrected chi connectivity index (χ3v) is 3.32. The molecule has 0 aliphatic rings. The van der Waals surface area contributed by atoms with Crippen molar-refractivity contribution in [2.45, 2.75) is 32.9 Å². The van der Waals surface area contributed by atoms with E-state index in [-0.39, 0.29) is 6.04 Å². The molecule has 4 nitrogen and oxygen atoms in total. The van der Waals surface area contributed by atoms with Crippen molar-refractivity contribution in [2.24, 2.45) is 5.73 Å². The van der Waals surface area contributed by atoms with Crippen molar-refractivity contribution in [3.63, 3.8) is 0 Å². The Hall–Kier alpha value is -1.81. The Labute approximate surface area is 114 Å². The van der Waals surface area contributed by atoms with E-state index in [9.17, 15) is 0 Å². The number of aryl methyl sites for hydroxylation is 2. The molecule has 0 saturated heterocycles. The van der Waals surface area contributed by atoms with Crippen LogP contribution in [0.4, 0.5) is 0 Å². The van der Waals surface area contributed by atoms with Gasteiger partial charge in [-0.3, -0.25) is 4.68 Å².